The lowest BCUT2D eigenvalue weighted by atomic mass is 10.1. The lowest BCUT2D eigenvalue weighted by molar-refractivity contribution is 0.0697. The van der Waals surface area contributed by atoms with E-state index in [0.29, 0.717) is 28.5 Å². The summed E-state index contributed by atoms with van der Waals surface area (Å²) in [5.74, 6) is -0.132. The Balaban J connectivity index is 1.66. The van der Waals surface area contributed by atoms with Crippen LogP contribution in [0.5, 0.6) is 0 Å². The number of anilines is 1. The van der Waals surface area contributed by atoms with Crippen molar-refractivity contribution >= 4 is 33.5 Å². The number of nitrogens with one attached hydrogen (secondary N) is 1. The van der Waals surface area contributed by atoms with Crippen molar-refractivity contribution in [2.24, 2.45) is 5.92 Å². The summed E-state index contributed by atoms with van der Waals surface area (Å²) in [4.78, 5) is 16.0. The number of furan rings is 1. The first kappa shape index (κ1) is 16.7. The van der Waals surface area contributed by atoms with E-state index in [1.807, 2.05) is 12.1 Å². The summed E-state index contributed by atoms with van der Waals surface area (Å²) in [6, 6.07) is 13.0. The van der Waals surface area contributed by atoms with Crippen molar-refractivity contribution in [2.45, 2.75) is 12.8 Å². The number of fused-ring (bicyclic) bond motifs is 2. The molecule has 1 saturated carbocycles. The number of aromatic nitrogens is 1. The van der Waals surface area contributed by atoms with Crippen molar-refractivity contribution in [1.29, 1.82) is 0 Å². The van der Waals surface area contributed by atoms with Gasteiger partial charge in [-0.25, -0.2) is 14.2 Å². The van der Waals surface area contributed by atoms with E-state index in [1.54, 1.807) is 18.2 Å². The average Bonchev–Trinajstić information content (AvgIpc) is 3.42. The summed E-state index contributed by atoms with van der Waals surface area (Å²) in [7, 11) is 0. The Morgan fingerprint density at radius 3 is 2.79 bits per heavy atom. The Morgan fingerprint density at radius 1 is 1.14 bits per heavy atom. The number of benzene rings is 2. The van der Waals surface area contributed by atoms with Crippen LogP contribution in [0, 0.1) is 11.7 Å². The van der Waals surface area contributed by atoms with Gasteiger partial charge in [-0.2, -0.15) is 0 Å². The Bertz CT molecular complexity index is 1230. The molecular formula is C22H17FN2O3. The van der Waals surface area contributed by atoms with Gasteiger partial charge in [0.2, 0.25) is 0 Å². The smallest absolute Gasteiger partial charge is 0.335 e. The zero-order valence-corrected chi connectivity index (χ0v) is 14.9. The summed E-state index contributed by atoms with van der Waals surface area (Å²) in [6.07, 6.45) is 2.41. The highest BCUT2D eigenvalue weighted by Crippen LogP contribution is 2.36. The average molecular weight is 376 g/mol. The Morgan fingerprint density at radius 2 is 2.00 bits per heavy atom. The Hall–Kier alpha value is -3.41. The number of hydrogen-bond acceptors (Lipinski definition) is 4. The summed E-state index contributed by atoms with van der Waals surface area (Å²) in [5.41, 5.74) is 2.76. The highest BCUT2D eigenvalue weighted by molar-refractivity contribution is 5.96. The molecule has 0 unspecified atom stereocenters. The molecular weight excluding hydrogens is 359 g/mol. The van der Waals surface area contributed by atoms with Gasteiger partial charge in [-0.05, 0) is 61.2 Å². The number of carbonyl (C=O) groups is 1. The minimum atomic E-state index is -0.974. The number of pyridine rings is 1. The fraction of sp³-hybridized carbons (Fsp3) is 0.182. The summed E-state index contributed by atoms with van der Waals surface area (Å²) in [6.45, 7) is 0.827. The van der Waals surface area contributed by atoms with Crippen LogP contribution in [0.1, 0.15) is 23.2 Å². The second kappa shape index (κ2) is 6.34. The Kier molecular flexibility index (Phi) is 3.79. The van der Waals surface area contributed by atoms with E-state index in [9.17, 15) is 14.3 Å². The third-order valence-corrected chi connectivity index (χ3v) is 5.06. The first-order valence-corrected chi connectivity index (χ1v) is 9.18. The highest BCUT2D eigenvalue weighted by atomic mass is 19.1. The second-order valence-electron chi connectivity index (χ2n) is 7.21. The third-order valence-electron chi connectivity index (χ3n) is 5.06. The van der Waals surface area contributed by atoms with E-state index in [4.69, 9.17) is 9.40 Å². The lowest BCUT2D eigenvalue weighted by Gasteiger charge is -2.11. The molecule has 0 radical (unpaired) electrons. The SMILES string of the molecule is O=C(O)c1ccc2nc(-c3cc4ccc(F)cc4o3)c(NCC3CC3)cc2c1. The van der Waals surface area contributed by atoms with Crippen LogP contribution < -0.4 is 5.32 Å². The molecule has 0 amide bonds. The fourth-order valence-electron chi connectivity index (χ4n) is 3.33. The molecule has 0 bridgehead atoms. The maximum absolute atomic E-state index is 13.5. The molecule has 2 heterocycles. The number of rotatable bonds is 5. The van der Waals surface area contributed by atoms with Crippen LogP contribution in [0.15, 0.2) is 52.9 Å². The van der Waals surface area contributed by atoms with Crippen LogP contribution in [0.25, 0.3) is 33.3 Å². The molecule has 2 N–H and O–H groups in total. The normalized spacial score (nSPS) is 13.9. The van der Waals surface area contributed by atoms with Gasteiger partial charge in [0.25, 0.3) is 0 Å². The van der Waals surface area contributed by atoms with Crippen LogP contribution >= 0.6 is 0 Å². The number of aromatic carboxylic acids is 1. The molecule has 28 heavy (non-hydrogen) atoms. The molecule has 4 aromatic rings. The topological polar surface area (TPSA) is 75.4 Å². The molecule has 1 aliphatic carbocycles. The van der Waals surface area contributed by atoms with E-state index in [2.05, 4.69) is 5.32 Å². The van der Waals surface area contributed by atoms with Gasteiger partial charge in [0.05, 0.1) is 16.8 Å². The van der Waals surface area contributed by atoms with Crippen molar-refractivity contribution in [1.82, 2.24) is 4.98 Å². The first-order chi connectivity index (χ1) is 13.6. The quantitative estimate of drug-likeness (QED) is 0.494. The fourth-order valence-corrected chi connectivity index (χ4v) is 3.33. The van der Waals surface area contributed by atoms with Crippen LogP contribution in [0.2, 0.25) is 0 Å². The van der Waals surface area contributed by atoms with Gasteiger partial charge in [0, 0.05) is 23.4 Å². The Labute approximate surface area is 159 Å². The van der Waals surface area contributed by atoms with Crippen LogP contribution in [0.4, 0.5) is 10.1 Å². The molecule has 6 heteroatoms. The van der Waals surface area contributed by atoms with Crippen molar-refractivity contribution < 1.29 is 18.7 Å². The van der Waals surface area contributed by atoms with Crippen LogP contribution in [-0.2, 0) is 0 Å². The van der Waals surface area contributed by atoms with Gasteiger partial charge in [-0.15, -0.1) is 0 Å². The molecule has 2 aromatic carbocycles. The zero-order chi connectivity index (χ0) is 19.3. The number of nitrogens with zero attached hydrogens (tertiary/aromatic N) is 1. The van der Waals surface area contributed by atoms with Gasteiger partial charge in [-0.1, -0.05) is 0 Å². The molecule has 2 aromatic heterocycles. The van der Waals surface area contributed by atoms with Crippen molar-refractivity contribution in [3.63, 3.8) is 0 Å². The standard InChI is InChI=1S/C22H17FN2O3/c23-16-5-3-13-9-20(28-19(13)10-16)21-18(24-11-12-1-2-12)8-15-7-14(22(26)27)4-6-17(15)25-21/h3-10,12,24H,1-2,11H2,(H,26,27). The molecule has 0 atom stereocenters. The van der Waals surface area contributed by atoms with Crippen molar-refractivity contribution in [3.05, 3.63) is 59.9 Å². The summed E-state index contributed by atoms with van der Waals surface area (Å²) < 4.78 is 19.4. The maximum atomic E-state index is 13.5. The first-order valence-electron chi connectivity index (χ1n) is 9.18. The van der Waals surface area contributed by atoms with E-state index in [-0.39, 0.29) is 11.4 Å². The predicted molar refractivity (Wildman–Crippen MR) is 105 cm³/mol. The monoisotopic (exact) mass is 376 g/mol. The highest BCUT2D eigenvalue weighted by Gasteiger charge is 2.22. The molecule has 5 nitrogen and oxygen atoms in total. The molecule has 1 aliphatic rings. The lowest BCUT2D eigenvalue weighted by Crippen LogP contribution is -2.05. The minimum absolute atomic E-state index is 0.217. The summed E-state index contributed by atoms with van der Waals surface area (Å²) >= 11 is 0. The van der Waals surface area contributed by atoms with E-state index >= 15 is 0 Å². The second-order valence-corrected chi connectivity index (χ2v) is 7.21. The molecule has 1 fully saturated rings. The number of hydrogen-bond donors (Lipinski definition) is 2. The number of carboxylic acid groups (broad SMARTS) is 1. The van der Waals surface area contributed by atoms with E-state index < -0.39 is 5.97 Å². The van der Waals surface area contributed by atoms with Gasteiger partial charge < -0.3 is 14.8 Å². The maximum Gasteiger partial charge on any atom is 0.335 e. The third kappa shape index (κ3) is 3.07. The molecule has 140 valence electrons. The zero-order valence-electron chi connectivity index (χ0n) is 14.9. The van der Waals surface area contributed by atoms with Gasteiger partial charge >= 0.3 is 5.97 Å². The van der Waals surface area contributed by atoms with Crippen LogP contribution in [0.3, 0.4) is 0 Å². The largest absolute Gasteiger partial charge is 0.478 e. The number of carboxylic acids is 1. The molecule has 0 saturated heterocycles. The van der Waals surface area contributed by atoms with Gasteiger partial charge in [0.1, 0.15) is 17.1 Å². The van der Waals surface area contributed by atoms with Crippen molar-refractivity contribution in [2.75, 3.05) is 11.9 Å². The number of halogens is 1. The van der Waals surface area contributed by atoms with Crippen LogP contribution in [-0.4, -0.2) is 22.6 Å². The molecule has 5 rings (SSSR count). The van der Waals surface area contributed by atoms with E-state index in [0.717, 1.165) is 23.0 Å². The van der Waals surface area contributed by atoms with Gasteiger partial charge in [-0.3, -0.25) is 0 Å². The predicted octanol–water partition coefficient (Wildman–Crippen LogP) is 5.31. The minimum Gasteiger partial charge on any atom is -0.478 e. The van der Waals surface area contributed by atoms with Gasteiger partial charge in [0.15, 0.2) is 5.76 Å². The molecule has 0 spiro atoms. The summed E-state index contributed by atoms with van der Waals surface area (Å²) in [5, 5.41) is 14.2. The molecule has 0 aliphatic heterocycles. The van der Waals surface area contributed by atoms with E-state index in [1.165, 1.54) is 31.0 Å². The van der Waals surface area contributed by atoms with Crippen molar-refractivity contribution in [3.8, 4) is 11.5 Å².